The molecule has 1 aliphatic rings. The highest BCUT2D eigenvalue weighted by atomic mass is 16.5. The van der Waals surface area contributed by atoms with Gasteiger partial charge >= 0.3 is 5.97 Å². The van der Waals surface area contributed by atoms with Crippen molar-refractivity contribution in [1.29, 1.82) is 0 Å². The minimum absolute atomic E-state index is 0.276. The summed E-state index contributed by atoms with van der Waals surface area (Å²) in [6.45, 7) is 7.35. The first-order valence-corrected chi connectivity index (χ1v) is 10.1. The summed E-state index contributed by atoms with van der Waals surface area (Å²) >= 11 is 0. The van der Waals surface area contributed by atoms with Gasteiger partial charge in [0.2, 0.25) is 0 Å². The standard InChI is InChI=1S/C23H28N2O5/c1-16(2)15-30-19-6-4-5-17(13-19)22(26)24-20-14-18(23(27)28-3)7-8-21(20)25-9-11-29-12-10-25/h4-8,13-14,16H,9-12,15H2,1-3H3,(H,24,26). The molecule has 1 amide bonds. The fraction of sp³-hybridized carbons (Fsp3) is 0.391. The molecule has 7 heteroatoms. The van der Waals surface area contributed by atoms with E-state index in [1.807, 2.05) is 12.1 Å². The fourth-order valence-corrected chi connectivity index (χ4v) is 3.15. The molecule has 7 nitrogen and oxygen atoms in total. The summed E-state index contributed by atoms with van der Waals surface area (Å²) in [4.78, 5) is 27.1. The summed E-state index contributed by atoms with van der Waals surface area (Å²) < 4.78 is 16.0. The van der Waals surface area contributed by atoms with Crippen molar-refractivity contribution in [2.45, 2.75) is 13.8 Å². The monoisotopic (exact) mass is 412 g/mol. The molecular formula is C23H28N2O5. The van der Waals surface area contributed by atoms with Crippen LogP contribution in [0.2, 0.25) is 0 Å². The number of ether oxygens (including phenoxy) is 3. The SMILES string of the molecule is COC(=O)c1ccc(N2CCOCC2)c(NC(=O)c2cccc(OCC(C)C)c2)c1. The summed E-state index contributed by atoms with van der Waals surface area (Å²) in [6, 6.07) is 12.2. The van der Waals surface area contributed by atoms with Crippen molar-refractivity contribution in [1.82, 2.24) is 0 Å². The molecule has 0 atom stereocenters. The number of nitrogens with one attached hydrogen (secondary N) is 1. The van der Waals surface area contributed by atoms with Crippen LogP contribution in [0.4, 0.5) is 11.4 Å². The number of rotatable bonds is 7. The molecule has 0 aliphatic carbocycles. The Balaban J connectivity index is 1.85. The number of anilines is 2. The number of methoxy groups -OCH3 is 1. The Labute approximate surface area is 176 Å². The molecule has 0 spiro atoms. The van der Waals surface area contributed by atoms with Crippen LogP contribution >= 0.6 is 0 Å². The maximum absolute atomic E-state index is 13.0. The number of carbonyl (C=O) groups is 2. The normalized spacial score (nSPS) is 13.8. The molecule has 0 radical (unpaired) electrons. The lowest BCUT2D eigenvalue weighted by Gasteiger charge is -2.30. The third-order valence-corrected chi connectivity index (χ3v) is 4.70. The molecule has 1 saturated heterocycles. The van der Waals surface area contributed by atoms with Gasteiger partial charge in [0.15, 0.2) is 0 Å². The molecule has 3 rings (SSSR count). The van der Waals surface area contributed by atoms with Gasteiger partial charge in [0, 0.05) is 18.7 Å². The Kier molecular flexibility index (Phi) is 7.30. The van der Waals surface area contributed by atoms with Gasteiger partial charge in [-0.05, 0) is 42.3 Å². The molecule has 1 aliphatic heterocycles. The highest BCUT2D eigenvalue weighted by Crippen LogP contribution is 2.29. The second-order valence-corrected chi connectivity index (χ2v) is 7.51. The Hall–Kier alpha value is -3.06. The number of hydrogen-bond donors (Lipinski definition) is 1. The van der Waals surface area contributed by atoms with Crippen LogP contribution in [0.15, 0.2) is 42.5 Å². The van der Waals surface area contributed by atoms with Crippen LogP contribution in [-0.2, 0) is 9.47 Å². The predicted molar refractivity (Wildman–Crippen MR) is 116 cm³/mol. The molecule has 30 heavy (non-hydrogen) atoms. The lowest BCUT2D eigenvalue weighted by atomic mass is 10.1. The minimum Gasteiger partial charge on any atom is -0.493 e. The van der Waals surface area contributed by atoms with Gasteiger partial charge in [0.05, 0.1) is 43.9 Å². The van der Waals surface area contributed by atoms with E-state index >= 15 is 0 Å². The highest BCUT2D eigenvalue weighted by molar-refractivity contribution is 6.07. The number of benzene rings is 2. The molecule has 2 aromatic carbocycles. The van der Waals surface area contributed by atoms with Crippen molar-refractivity contribution >= 4 is 23.3 Å². The topological polar surface area (TPSA) is 77.1 Å². The molecule has 0 aromatic heterocycles. The number of hydrogen-bond acceptors (Lipinski definition) is 6. The third kappa shape index (κ3) is 5.51. The van der Waals surface area contributed by atoms with Crippen LogP contribution in [0.3, 0.4) is 0 Å². The maximum atomic E-state index is 13.0. The van der Waals surface area contributed by atoms with Crippen molar-refractivity contribution in [3.05, 3.63) is 53.6 Å². The molecule has 0 unspecified atom stereocenters. The number of morpholine rings is 1. The van der Waals surface area contributed by atoms with E-state index in [0.717, 1.165) is 5.69 Å². The van der Waals surface area contributed by atoms with E-state index in [4.69, 9.17) is 14.2 Å². The van der Waals surface area contributed by atoms with Gasteiger partial charge in [0.1, 0.15) is 5.75 Å². The second kappa shape index (κ2) is 10.1. The molecule has 1 fully saturated rings. The summed E-state index contributed by atoms with van der Waals surface area (Å²) in [5, 5.41) is 2.95. The van der Waals surface area contributed by atoms with E-state index in [2.05, 4.69) is 24.1 Å². The van der Waals surface area contributed by atoms with E-state index < -0.39 is 5.97 Å². The van der Waals surface area contributed by atoms with Crippen molar-refractivity contribution in [2.75, 3.05) is 50.2 Å². The zero-order valence-corrected chi connectivity index (χ0v) is 17.6. The minimum atomic E-state index is -0.455. The van der Waals surface area contributed by atoms with Crippen molar-refractivity contribution < 1.29 is 23.8 Å². The van der Waals surface area contributed by atoms with Gasteiger partial charge in [-0.2, -0.15) is 0 Å². The molecule has 0 bridgehead atoms. The summed E-state index contributed by atoms with van der Waals surface area (Å²) in [7, 11) is 1.33. The van der Waals surface area contributed by atoms with E-state index in [1.54, 1.807) is 30.3 Å². The van der Waals surface area contributed by atoms with Gasteiger partial charge in [-0.25, -0.2) is 4.79 Å². The zero-order chi connectivity index (χ0) is 21.5. The van der Waals surface area contributed by atoms with E-state index in [0.29, 0.717) is 61.4 Å². The smallest absolute Gasteiger partial charge is 0.337 e. The number of esters is 1. The molecule has 2 aromatic rings. The number of nitrogens with zero attached hydrogens (tertiary/aromatic N) is 1. The third-order valence-electron chi connectivity index (χ3n) is 4.70. The zero-order valence-electron chi connectivity index (χ0n) is 17.6. The van der Waals surface area contributed by atoms with Crippen molar-refractivity contribution in [3.63, 3.8) is 0 Å². The highest BCUT2D eigenvalue weighted by Gasteiger charge is 2.19. The average Bonchev–Trinajstić information content (AvgIpc) is 2.77. The largest absolute Gasteiger partial charge is 0.493 e. The van der Waals surface area contributed by atoms with Crippen LogP contribution in [0.5, 0.6) is 5.75 Å². The first-order valence-electron chi connectivity index (χ1n) is 10.1. The molecular weight excluding hydrogens is 384 g/mol. The van der Waals surface area contributed by atoms with Crippen molar-refractivity contribution in [3.8, 4) is 5.75 Å². The van der Waals surface area contributed by atoms with Crippen LogP contribution in [0.1, 0.15) is 34.6 Å². The van der Waals surface area contributed by atoms with E-state index in [9.17, 15) is 9.59 Å². The number of amides is 1. The summed E-state index contributed by atoms with van der Waals surface area (Å²) in [5.74, 6) is 0.303. The molecule has 0 saturated carbocycles. The predicted octanol–water partition coefficient (Wildman–Crippen LogP) is 3.60. The lowest BCUT2D eigenvalue weighted by molar-refractivity contribution is 0.0600. The van der Waals surface area contributed by atoms with Gasteiger partial charge < -0.3 is 24.4 Å². The van der Waals surface area contributed by atoms with Gasteiger partial charge in [-0.15, -0.1) is 0 Å². The van der Waals surface area contributed by atoms with Crippen LogP contribution in [-0.4, -0.2) is 51.9 Å². The van der Waals surface area contributed by atoms with Gasteiger partial charge in [-0.1, -0.05) is 19.9 Å². The Morgan fingerprint density at radius 2 is 1.87 bits per heavy atom. The summed E-state index contributed by atoms with van der Waals surface area (Å²) in [5.41, 5.74) is 2.25. The Morgan fingerprint density at radius 1 is 1.10 bits per heavy atom. The second-order valence-electron chi connectivity index (χ2n) is 7.51. The lowest BCUT2D eigenvalue weighted by Crippen LogP contribution is -2.36. The van der Waals surface area contributed by atoms with Gasteiger partial charge in [0.25, 0.3) is 5.91 Å². The Morgan fingerprint density at radius 3 is 2.57 bits per heavy atom. The molecule has 1 heterocycles. The molecule has 160 valence electrons. The Bertz CT molecular complexity index is 891. The fourth-order valence-electron chi connectivity index (χ4n) is 3.15. The molecule has 1 N–H and O–H groups in total. The van der Waals surface area contributed by atoms with E-state index in [-0.39, 0.29) is 5.91 Å². The first kappa shape index (κ1) is 21.6. The number of carbonyl (C=O) groups excluding carboxylic acids is 2. The average molecular weight is 412 g/mol. The van der Waals surface area contributed by atoms with Crippen LogP contribution < -0.4 is 15.0 Å². The van der Waals surface area contributed by atoms with Crippen molar-refractivity contribution in [2.24, 2.45) is 5.92 Å². The van der Waals surface area contributed by atoms with E-state index in [1.165, 1.54) is 7.11 Å². The quantitative estimate of drug-likeness (QED) is 0.701. The van der Waals surface area contributed by atoms with Crippen LogP contribution in [0, 0.1) is 5.92 Å². The maximum Gasteiger partial charge on any atom is 0.337 e. The van der Waals surface area contributed by atoms with Crippen LogP contribution in [0.25, 0.3) is 0 Å². The summed E-state index contributed by atoms with van der Waals surface area (Å²) in [6.07, 6.45) is 0. The van der Waals surface area contributed by atoms with Gasteiger partial charge in [-0.3, -0.25) is 4.79 Å². The first-order chi connectivity index (χ1) is 14.5.